The van der Waals surface area contributed by atoms with Crippen LogP contribution in [0, 0.1) is 0 Å². The molecule has 3 rings (SSSR count). The number of likely N-dealkylation sites (tertiary alicyclic amines) is 1. The van der Waals surface area contributed by atoms with Crippen LogP contribution in [-0.2, 0) is 11.2 Å². The van der Waals surface area contributed by atoms with Gasteiger partial charge in [-0.05, 0) is 30.5 Å². The van der Waals surface area contributed by atoms with E-state index in [0.29, 0.717) is 13.1 Å². The molecule has 0 aliphatic carbocycles. The maximum atomic E-state index is 12.4. The van der Waals surface area contributed by atoms with Gasteiger partial charge in [0.1, 0.15) is 11.6 Å². The number of nitrogen functional groups attached to an aromatic ring is 1. The SMILES string of the molecule is Nc1n[nH]c(C2CCN(C(=O)Cc3ccc(O)c(Cl)c3)CC2)n1. The first kappa shape index (κ1) is 15.6. The minimum atomic E-state index is 0.0232. The molecule has 2 aromatic rings. The number of rotatable bonds is 3. The molecule has 1 aromatic carbocycles. The van der Waals surface area contributed by atoms with Crippen LogP contribution in [0.4, 0.5) is 5.95 Å². The highest BCUT2D eigenvalue weighted by molar-refractivity contribution is 6.32. The quantitative estimate of drug-likeness (QED) is 0.791. The molecule has 1 amide bonds. The average Bonchev–Trinajstić information content (AvgIpc) is 2.97. The number of anilines is 1. The van der Waals surface area contributed by atoms with Crippen molar-refractivity contribution < 1.29 is 9.90 Å². The van der Waals surface area contributed by atoms with E-state index in [2.05, 4.69) is 15.2 Å². The van der Waals surface area contributed by atoms with Crippen LogP contribution < -0.4 is 5.73 Å². The van der Waals surface area contributed by atoms with Crippen molar-refractivity contribution in [3.63, 3.8) is 0 Å². The molecule has 2 heterocycles. The van der Waals surface area contributed by atoms with Crippen LogP contribution in [0.25, 0.3) is 0 Å². The Morgan fingerprint density at radius 3 is 2.78 bits per heavy atom. The van der Waals surface area contributed by atoms with Gasteiger partial charge in [0.25, 0.3) is 0 Å². The number of carbonyl (C=O) groups is 1. The van der Waals surface area contributed by atoms with Crippen LogP contribution >= 0.6 is 11.6 Å². The second-order valence-corrected chi connectivity index (χ2v) is 6.10. The van der Waals surface area contributed by atoms with Crippen molar-refractivity contribution in [2.24, 2.45) is 0 Å². The minimum absolute atomic E-state index is 0.0232. The predicted octanol–water partition coefficient (Wildman–Crippen LogP) is 1.69. The highest BCUT2D eigenvalue weighted by atomic mass is 35.5. The lowest BCUT2D eigenvalue weighted by Gasteiger charge is -2.31. The zero-order valence-electron chi connectivity index (χ0n) is 12.5. The molecule has 1 fully saturated rings. The van der Waals surface area contributed by atoms with Crippen LogP contribution in [0.15, 0.2) is 18.2 Å². The number of aromatic nitrogens is 3. The lowest BCUT2D eigenvalue weighted by atomic mass is 9.95. The third kappa shape index (κ3) is 3.56. The zero-order chi connectivity index (χ0) is 16.4. The van der Waals surface area contributed by atoms with Gasteiger partial charge in [-0.25, -0.2) is 0 Å². The van der Waals surface area contributed by atoms with E-state index < -0.39 is 0 Å². The van der Waals surface area contributed by atoms with Crippen LogP contribution in [0.1, 0.15) is 30.1 Å². The highest BCUT2D eigenvalue weighted by Crippen LogP contribution is 2.27. The number of benzene rings is 1. The van der Waals surface area contributed by atoms with Crippen molar-refractivity contribution in [3.8, 4) is 5.75 Å². The van der Waals surface area contributed by atoms with Crippen molar-refractivity contribution in [3.05, 3.63) is 34.6 Å². The number of amides is 1. The van der Waals surface area contributed by atoms with E-state index >= 15 is 0 Å². The average molecular weight is 336 g/mol. The van der Waals surface area contributed by atoms with Gasteiger partial charge in [0.05, 0.1) is 11.4 Å². The summed E-state index contributed by atoms with van der Waals surface area (Å²) in [5.74, 6) is 1.38. The van der Waals surface area contributed by atoms with Crippen molar-refractivity contribution in [2.45, 2.75) is 25.2 Å². The fourth-order valence-corrected chi connectivity index (χ4v) is 3.02. The standard InChI is InChI=1S/C15H18ClN5O2/c16-11-7-9(1-2-12(11)22)8-13(23)21-5-3-10(4-6-21)14-18-15(17)20-19-14/h1-2,7,10,22H,3-6,8H2,(H3,17,18,19,20). The van der Waals surface area contributed by atoms with Gasteiger partial charge in [0, 0.05) is 19.0 Å². The summed E-state index contributed by atoms with van der Waals surface area (Å²) in [5.41, 5.74) is 6.32. The summed E-state index contributed by atoms with van der Waals surface area (Å²) in [6, 6.07) is 4.84. The highest BCUT2D eigenvalue weighted by Gasteiger charge is 2.25. The Balaban J connectivity index is 1.56. The number of aromatic hydroxyl groups is 1. The molecule has 122 valence electrons. The monoisotopic (exact) mass is 335 g/mol. The van der Waals surface area contributed by atoms with E-state index in [9.17, 15) is 9.90 Å². The molecule has 8 heteroatoms. The fraction of sp³-hybridized carbons (Fsp3) is 0.400. The first-order valence-corrected chi connectivity index (χ1v) is 7.83. The Kier molecular flexibility index (Phi) is 4.38. The number of nitrogens with two attached hydrogens (primary N) is 1. The van der Waals surface area contributed by atoms with Gasteiger partial charge in [0.2, 0.25) is 11.9 Å². The van der Waals surface area contributed by atoms with Crippen LogP contribution in [0.5, 0.6) is 5.75 Å². The van der Waals surface area contributed by atoms with E-state index in [1.165, 1.54) is 6.07 Å². The summed E-state index contributed by atoms with van der Waals surface area (Å²) in [7, 11) is 0. The number of piperidine rings is 1. The number of carbonyl (C=O) groups excluding carboxylic acids is 1. The second-order valence-electron chi connectivity index (χ2n) is 5.70. The Hall–Kier alpha value is -2.28. The number of H-pyrrole nitrogens is 1. The van der Waals surface area contributed by atoms with Gasteiger partial charge in [-0.15, -0.1) is 5.10 Å². The summed E-state index contributed by atoms with van der Waals surface area (Å²) < 4.78 is 0. The summed E-state index contributed by atoms with van der Waals surface area (Å²) in [6.45, 7) is 1.35. The topological polar surface area (TPSA) is 108 Å². The van der Waals surface area contributed by atoms with Crippen molar-refractivity contribution >= 4 is 23.5 Å². The predicted molar refractivity (Wildman–Crippen MR) is 86.2 cm³/mol. The molecule has 23 heavy (non-hydrogen) atoms. The van der Waals surface area contributed by atoms with Gasteiger partial charge in [-0.3, -0.25) is 9.89 Å². The van der Waals surface area contributed by atoms with E-state index in [0.717, 1.165) is 24.2 Å². The molecule has 1 aromatic heterocycles. The van der Waals surface area contributed by atoms with E-state index in [-0.39, 0.29) is 35.0 Å². The first-order chi connectivity index (χ1) is 11.0. The normalized spacial score (nSPS) is 15.8. The minimum Gasteiger partial charge on any atom is -0.506 e. The summed E-state index contributed by atoms with van der Waals surface area (Å²) in [4.78, 5) is 18.4. The molecule has 1 saturated heterocycles. The molecule has 0 atom stereocenters. The molecule has 0 saturated carbocycles. The van der Waals surface area contributed by atoms with Gasteiger partial charge in [0.15, 0.2) is 0 Å². The van der Waals surface area contributed by atoms with Crippen LogP contribution in [0.3, 0.4) is 0 Å². The van der Waals surface area contributed by atoms with Crippen molar-refractivity contribution in [2.75, 3.05) is 18.8 Å². The summed E-state index contributed by atoms with van der Waals surface area (Å²) in [5, 5.41) is 16.4. The molecule has 0 spiro atoms. The Bertz CT molecular complexity index is 710. The van der Waals surface area contributed by atoms with Crippen LogP contribution in [0.2, 0.25) is 5.02 Å². The number of halogens is 1. The number of phenols is 1. The summed E-state index contributed by atoms with van der Waals surface area (Å²) >= 11 is 5.87. The molecule has 0 radical (unpaired) electrons. The molecular weight excluding hydrogens is 318 g/mol. The second kappa shape index (κ2) is 6.45. The molecule has 0 bridgehead atoms. The van der Waals surface area contributed by atoms with Crippen molar-refractivity contribution in [1.29, 1.82) is 0 Å². The van der Waals surface area contributed by atoms with E-state index in [1.807, 2.05) is 4.90 Å². The van der Waals surface area contributed by atoms with Gasteiger partial charge in [-0.1, -0.05) is 17.7 Å². The maximum Gasteiger partial charge on any atom is 0.239 e. The Morgan fingerprint density at radius 2 is 2.17 bits per heavy atom. The largest absolute Gasteiger partial charge is 0.506 e. The third-order valence-corrected chi connectivity index (χ3v) is 4.42. The smallest absolute Gasteiger partial charge is 0.239 e. The van der Waals surface area contributed by atoms with Crippen molar-refractivity contribution in [1.82, 2.24) is 20.1 Å². The van der Waals surface area contributed by atoms with Gasteiger partial charge in [-0.2, -0.15) is 4.98 Å². The van der Waals surface area contributed by atoms with Gasteiger partial charge >= 0.3 is 0 Å². The number of hydrogen-bond acceptors (Lipinski definition) is 5. The number of aromatic amines is 1. The lowest BCUT2D eigenvalue weighted by Crippen LogP contribution is -2.39. The molecule has 1 aliphatic rings. The molecule has 1 aliphatic heterocycles. The first-order valence-electron chi connectivity index (χ1n) is 7.46. The maximum absolute atomic E-state index is 12.4. The lowest BCUT2D eigenvalue weighted by molar-refractivity contribution is -0.131. The van der Waals surface area contributed by atoms with E-state index in [4.69, 9.17) is 17.3 Å². The number of phenolic OH excluding ortho intramolecular Hbond substituents is 1. The summed E-state index contributed by atoms with van der Waals surface area (Å²) in [6.07, 6.45) is 1.94. The van der Waals surface area contributed by atoms with Crippen LogP contribution in [-0.4, -0.2) is 44.2 Å². The number of nitrogens with zero attached hydrogens (tertiary/aromatic N) is 3. The number of hydrogen-bond donors (Lipinski definition) is 3. The molecule has 4 N–H and O–H groups in total. The zero-order valence-corrected chi connectivity index (χ0v) is 13.3. The Morgan fingerprint density at radius 1 is 1.43 bits per heavy atom. The van der Waals surface area contributed by atoms with E-state index in [1.54, 1.807) is 12.1 Å². The molecule has 0 unspecified atom stereocenters. The fourth-order valence-electron chi connectivity index (χ4n) is 2.82. The third-order valence-electron chi connectivity index (χ3n) is 4.12. The molecule has 7 nitrogen and oxygen atoms in total. The van der Waals surface area contributed by atoms with Gasteiger partial charge < -0.3 is 15.7 Å². The number of nitrogens with one attached hydrogen (secondary N) is 1. The molecular formula is C15H18ClN5O2. The Labute approximate surface area is 138 Å².